The van der Waals surface area contributed by atoms with Gasteiger partial charge in [-0.15, -0.1) is 12.4 Å². The zero-order valence-corrected chi connectivity index (χ0v) is 15.4. The van der Waals surface area contributed by atoms with Crippen LogP contribution in [0.3, 0.4) is 0 Å². The van der Waals surface area contributed by atoms with Crippen LogP contribution in [0.1, 0.15) is 45.2 Å². The molecule has 7 heteroatoms. The number of ketones is 1. The summed E-state index contributed by atoms with van der Waals surface area (Å²) < 4.78 is 1.92. The quantitative estimate of drug-likeness (QED) is 0.682. The van der Waals surface area contributed by atoms with E-state index in [9.17, 15) is 9.59 Å². The Kier molecular flexibility index (Phi) is 4.45. The molecular formula is C20H19ClN4O2. The summed E-state index contributed by atoms with van der Waals surface area (Å²) in [6.45, 7) is 1.95. The van der Waals surface area contributed by atoms with Gasteiger partial charge in [-0.1, -0.05) is 12.1 Å². The molecule has 3 heterocycles. The third-order valence-corrected chi connectivity index (χ3v) is 5.32. The Morgan fingerprint density at radius 3 is 2.78 bits per heavy atom. The molecule has 5 rings (SSSR count). The number of hydrogen-bond donors (Lipinski definition) is 2. The van der Waals surface area contributed by atoms with Crippen molar-refractivity contribution in [3.05, 3.63) is 59.4 Å². The van der Waals surface area contributed by atoms with Crippen molar-refractivity contribution in [2.24, 2.45) is 0 Å². The molecule has 138 valence electrons. The first-order valence-electron chi connectivity index (χ1n) is 8.89. The van der Waals surface area contributed by atoms with E-state index in [0.717, 1.165) is 42.4 Å². The van der Waals surface area contributed by atoms with Gasteiger partial charge < -0.3 is 10.6 Å². The van der Waals surface area contributed by atoms with Crippen LogP contribution in [0.4, 0.5) is 5.69 Å². The molecule has 0 bridgehead atoms. The smallest absolute Gasteiger partial charge is 0.256 e. The van der Waals surface area contributed by atoms with Gasteiger partial charge in [0.05, 0.1) is 17.8 Å². The number of piperidine rings is 1. The molecule has 1 aromatic heterocycles. The molecule has 2 aliphatic heterocycles. The Bertz CT molecular complexity index is 1050. The van der Waals surface area contributed by atoms with Crippen molar-refractivity contribution in [1.29, 1.82) is 0 Å². The molecule has 2 aromatic carbocycles. The van der Waals surface area contributed by atoms with Gasteiger partial charge in [0, 0.05) is 28.4 Å². The molecule has 0 unspecified atom stereocenters. The number of hydrogen-bond acceptors (Lipinski definition) is 4. The molecule has 3 aromatic rings. The number of aromatic nitrogens is 2. The number of nitrogens with zero attached hydrogens (tertiary/aromatic N) is 2. The number of nitrogens with one attached hydrogen (secondary N) is 2. The molecule has 27 heavy (non-hydrogen) atoms. The SMILES string of the molecule is Cl.O=C(c1cnn(C2CCNCC2)c1)c1ccc2c3c(cccc13)C(=O)N2. The summed E-state index contributed by atoms with van der Waals surface area (Å²) in [5, 5.41) is 12.2. The summed E-state index contributed by atoms with van der Waals surface area (Å²) in [6.07, 6.45) is 5.54. The second-order valence-corrected chi connectivity index (χ2v) is 6.86. The lowest BCUT2D eigenvalue weighted by Crippen LogP contribution is -2.29. The van der Waals surface area contributed by atoms with Gasteiger partial charge >= 0.3 is 0 Å². The number of benzene rings is 2. The molecule has 6 nitrogen and oxygen atoms in total. The fourth-order valence-corrected chi connectivity index (χ4v) is 3.97. The fraction of sp³-hybridized carbons (Fsp3) is 0.250. The van der Waals surface area contributed by atoms with Crippen molar-refractivity contribution in [3.8, 4) is 0 Å². The van der Waals surface area contributed by atoms with E-state index in [1.807, 2.05) is 23.0 Å². The van der Waals surface area contributed by atoms with Crippen molar-refractivity contribution in [3.63, 3.8) is 0 Å². The summed E-state index contributed by atoms with van der Waals surface area (Å²) in [6, 6.07) is 9.44. The summed E-state index contributed by atoms with van der Waals surface area (Å²) >= 11 is 0. The van der Waals surface area contributed by atoms with E-state index >= 15 is 0 Å². The van der Waals surface area contributed by atoms with Gasteiger partial charge in [-0.25, -0.2) is 0 Å². The molecule has 2 N–H and O–H groups in total. The lowest BCUT2D eigenvalue weighted by Gasteiger charge is -2.22. The highest BCUT2D eigenvalue weighted by molar-refractivity contribution is 6.27. The number of carbonyl (C=O) groups is 2. The zero-order valence-electron chi connectivity index (χ0n) is 14.6. The lowest BCUT2D eigenvalue weighted by atomic mass is 9.96. The maximum atomic E-state index is 13.1. The van der Waals surface area contributed by atoms with Crippen LogP contribution in [0.25, 0.3) is 10.8 Å². The lowest BCUT2D eigenvalue weighted by molar-refractivity contribution is 0.102. The number of amides is 1. The molecule has 0 spiro atoms. The first-order valence-corrected chi connectivity index (χ1v) is 8.89. The minimum atomic E-state index is -0.117. The molecule has 0 saturated carbocycles. The van der Waals surface area contributed by atoms with Crippen molar-refractivity contribution < 1.29 is 9.59 Å². The monoisotopic (exact) mass is 382 g/mol. The van der Waals surface area contributed by atoms with Gasteiger partial charge in [0.25, 0.3) is 5.91 Å². The maximum absolute atomic E-state index is 13.1. The highest BCUT2D eigenvalue weighted by Crippen LogP contribution is 2.35. The minimum absolute atomic E-state index is 0. The minimum Gasteiger partial charge on any atom is -0.321 e. The molecule has 1 amide bonds. The molecule has 0 radical (unpaired) electrons. The molecule has 2 aliphatic rings. The highest BCUT2D eigenvalue weighted by Gasteiger charge is 2.25. The largest absolute Gasteiger partial charge is 0.321 e. The second-order valence-electron chi connectivity index (χ2n) is 6.86. The van der Waals surface area contributed by atoms with Gasteiger partial charge in [0.1, 0.15) is 0 Å². The van der Waals surface area contributed by atoms with Crippen molar-refractivity contribution in [2.75, 3.05) is 18.4 Å². The first-order chi connectivity index (χ1) is 12.7. The predicted molar refractivity (Wildman–Crippen MR) is 106 cm³/mol. The van der Waals surface area contributed by atoms with Gasteiger partial charge in [-0.3, -0.25) is 14.3 Å². The zero-order chi connectivity index (χ0) is 17.7. The number of rotatable bonds is 3. The molecule has 1 fully saturated rings. The summed E-state index contributed by atoms with van der Waals surface area (Å²) in [5.41, 5.74) is 2.58. The Labute approximate surface area is 162 Å². The van der Waals surface area contributed by atoms with Crippen molar-refractivity contribution in [1.82, 2.24) is 15.1 Å². The normalized spacial score (nSPS) is 16.2. The summed E-state index contributed by atoms with van der Waals surface area (Å²) in [5.74, 6) is -0.179. The Hall–Kier alpha value is -2.70. The van der Waals surface area contributed by atoms with Gasteiger partial charge in [0.2, 0.25) is 0 Å². The topological polar surface area (TPSA) is 76.0 Å². The standard InChI is InChI=1S/C20H18N4O2.ClH/c25-19(12-10-22-24(11-12)13-6-8-21-9-7-13)15-4-5-17-18-14(15)2-1-3-16(18)20(26)23-17;/h1-5,10-11,13,21H,6-9H2,(H,23,26);1H. The average Bonchev–Trinajstić information content (AvgIpc) is 3.29. The van der Waals surface area contributed by atoms with Crippen LogP contribution in [0.15, 0.2) is 42.7 Å². The first kappa shape index (κ1) is 17.7. The second kappa shape index (κ2) is 6.79. The van der Waals surface area contributed by atoms with E-state index in [4.69, 9.17) is 0 Å². The van der Waals surface area contributed by atoms with E-state index in [-0.39, 0.29) is 24.1 Å². The van der Waals surface area contributed by atoms with E-state index in [1.54, 1.807) is 24.4 Å². The van der Waals surface area contributed by atoms with Crippen molar-refractivity contribution in [2.45, 2.75) is 18.9 Å². The summed E-state index contributed by atoms with van der Waals surface area (Å²) in [4.78, 5) is 25.2. The van der Waals surface area contributed by atoms with Crippen molar-refractivity contribution >= 4 is 40.6 Å². The van der Waals surface area contributed by atoms with Crippen LogP contribution >= 0.6 is 12.4 Å². The third-order valence-electron chi connectivity index (χ3n) is 5.32. The van der Waals surface area contributed by atoms with Gasteiger partial charge in [-0.2, -0.15) is 5.10 Å². The highest BCUT2D eigenvalue weighted by atomic mass is 35.5. The third kappa shape index (κ3) is 2.81. The molecular weight excluding hydrogens is 364 g/mol. The van der Waals surface area contributed by atoms with E-state index in [0.29, 0.717) is 22.7 Å². The van der Waals surface area contributed by atoms with Crippen LogP contribution in [0.2, 0.25) is 0 Å². The Morgan fingerprint density at radius 2 is 1.96 bits per heavy atom. The van der Waals surface area contributed by atoms with Crippen LogP contribution < -0.4 is 10.6 Å². The van der Waals surface area contributed by atoms with Gasteiger partial charge in [-0.05, 0) is 49.5 Å². The number of halogens is 1. The van der Waals surface area contributed by atoms with Crippen LogP contribution in [0.5, 0.6) is 0 Å². The maximum Gasteiger partial charge on any atom is 0.256 e. The molecule has 0 aliphatic carbocycles. The van der Waals surface area contributed by atoms with E-state index in [1.165, 1.54) is 0 Å². The molecule has 0 atom stereocenters. The van der Waals surface area contributed by atoms with Crippen LogP contribution in [-0.4, -0.2) is 34.6 Å². The average molecular weight is 383 g/mol. The number of anilines is 1. The Morgan fingerprint density at radius 1 is 1.15 bits per heavy atom. The van der Waals surface area contributed by atoms with Crippen LogP contribution in [0, 0.1) is 0 Å². The predicted octanol–water partition coefficient (Wildman–Crippen LogP) is 3.18. The van der Waals surface area contributed by atoms with E-state index < -0.39 is 0 Å². The fourth-order valence-electron chi connectivity index (χ4n) is 3.97. The van der Waals surface area contributed by atoms with Crippen LogP contribution in [-0.2, 0) is 0 Å². The van der Waals surface area contributed by atoms with E-state index in [2.05, 4.69) is 15.7 Å². The Balaban J connectivity index is 0.00000180. The molecule has 1 saturated heterocycles. The summed E-state index contributed by atoms with van der Waals surface area (Å²) in [7, 11) is 0. The van der Waals surface area contributed by atoms with Gasteiger partial charge in [0.15, 0.2) is 5.78 Å². The number of carbonyl (C=O) groups excluding carboxylic acids is 2.